The Hall–Kier alpha value is -2.35. The van der Waals surface area contributed by atoms with E-state index in [-0.39, 0.29) is 18.8 Å². The lowest BCUT2D eigenvalue weighted by Gasteiger charge is -2.23. The largest absolute Gasteiger partial charge is 0.464 e. The number of nitrogens with one attached hydrogen (secondary N) is 1. The maximum atomic E-state index is 13.2. The van der Waals surface area contributed by atoms with Gasteiger partial charge >= 0.3 is 5.97 Å². The molecule has 0 aromatic heterocycles. The summed E-state index contributed by atoms with van der Waals surface area (Å²) in [5.41, 5.74) is 8.68. The average molecular weight is 498 g/mol. The van der Waals surface area contributed by atoms with Gasteiger partial charge in [-0.1, -0.05) is 24.3 Å². The van der Waals surface area contributed by atoms with Gasteiger partial charge in [0.05, 0.1) is 12.6 Å². The number of amides is 1. The van der Waals surface area contributed by atoms with Gasteiger partial charge in [-0.2, -0.15) is 0 Å². The fourth-order valence-corrected chi connectivity index (χ4v) is 3.74. The highest BCUT2D eigenvalue weighted by Crippen LogP contribution is 2.16. The van der Waals surface area contributed by atoms with Crippen molar-refractivity contribution in [3.8, 4) is 0 Å². The molecule has 33 heavy (non-hydrogen) atoms. The number of esters is 1. The zero-order valence-electron chi connectivity index (χ0n) is 18.6. The molecule has 2 rings (SSSR count). The SMILES string of the molecule is CCOC(=O)C(Cc1ccc(F)cc1)NC(=O)C(N)Cc1ccc(N(CCCl)CCCl)cc1. The van der Waals surface area contributed by atoms with Crippen molar-refractivity contribution in [2.45, 2.75) is 31.8 Å². The lowest BCUT2D eigenvalue weighted by atomic mass is 10.0. The van der Waals surface area contributed by atoms with E-state index in [9.17, 15) is 14.0 Å². The van der Waals surface area contributed by atoms with Crippen LogP contribution in [0, 0.1) is 5.82 Å². The molecule has 0 aliphatic carbocycles. The molecular formula is C24H30Cl2FN3O3. The molecule has 0 saturated heterocycles. The van der Waals surface area contributed by atoms with Gasteiger partial charge in [0.25, 0.3) is 0 Å². The second-order valence-electron chi connectivity index (χ2n) is 7.49. The maximum absolute atomic E-state index is 13.2. The van der Waals surface area contributed by atoms with E-state index >= 15 is 0 Å². The number of hydrogen-bond donors (Lipinski definition) is 2. The minimum Gasteiger partial charge on any atom is -0.464 e. The van der Waals surface area contributed by atoms with Crippen molar-refractivity contribution >= 4 is 40.8 Å². The van der Waals surface area contributed by atoms with E-state index < -0.39 is 24.0 Å². The van der Waals surface area contributed by atoms with E-state index in [0.29, 0.717) is 36.8 Å². The van der Waals surface area contributed by atoms with Gasteiger partial charge in [-0.15, -0.1) is 23.2 Å². The molecule has 0 saturated carbocycles. The Bertz CT molecular complexity index is 876. The Labute approximate surface area is 204 Å². The predicted molar refractivity (Wildman–Crippen MR) is 130 cm³/mol. The van der Waals surface area contributed by atoms with E-state index in [1.54, 1.807) is 19.1 Å². The summed E-state index contributed by atoms with van der Waals surface area (Å²) in [4.78, 5) is 27.2. The van der Waals surface area contributed by atoms with E-state index in [2.05, 4.69) is 10.2 Å². The summed E-state index contributed by atoms with van der Waals surface area (Å²) in [5.74, 6) is -0.431. The second-order valence-corrected chi connectivity index (χ2v) is 8.24. The smallest absolute Gasteiger partial charge is 0.328 e. The van der Waals surface area contributed by atoms with Crippen molar-refractivity contribution in [1.29, 1.82) is 0 Å². The van der Waals surface area contributed by atoms with Gasteiger partial charge < -0.3 is 20.7 Å². The van der Waals surface area contributed by atoms with E-state index in [0.717, 1.165) is 11.3 Å². The van der Waals surface area contributed by atoms with Crippen LogP contribution in [0.1, 0.15) is 18.1 Å². The summed E-state index contributed by atoms with van der Waals surface area (Å²) >= 11 is 11.7. The molecule has 180 valence electrons. The third-order valence-electron chi connectivity index (χ3n) is 5.04. The topological polar surface area (TPSA) is 84.7 Å². The van der Waals surface area contributed by atoms with Crippen LogP contribution in [0.4, 0.5) is 10.1 Å². The highest BCUT2D eigenvalue weighted by molar-refractivity contribution is 6.18. The Morgan fingerprint density at radius 3 is 2.09 bits per heavy atom. The molecule has 9 heteroatoms. The number of rotatable bonds is 13. The lowest BCUT2D eigenvalue weighted by molar-refractivity contribution is -0.147. The highest BCUT2D eigenvalue weighted by atomic mass is 35.5. The first kappa shape index (κ1) is 26.9. The van der Waals surface area contributed by atoms with Crippen LogP contribution >= 0.6 is 23.2 Å². The molecule has 0 bridgehead atoms. The third-order valence-corrected chi connectivity index (χ3v) is 5.38. The van der Waals surface area contributed by atoms with Crippen molar-refractivity contribution in [3.63, 3.8) is 0 Å². The first-order chi connectivity index (χ1) is 15.9. The number of nitrogens with zero attached hydrogens (tertiary/aromatic N) is 1. The summed E-state index contributed by atoms with van der Waals surface area (Å²) in [5, 5.41) is 2.68. The Balaban J connectivity index is 2.02. The number of benzene rings is 2. The molecule has 0 fully saturated rings. The summed E-state index contributed by atoms with van der Waals surface area (Å²) in [7, 11) is 0. The molecule has 0 spiro atoms. The summed E-state index contributed by atoms with van der Waals surface area (Å²) in [6, 6.07) is 11.6. The highest BCUT2D eigenvalue weighted by Gasteiger charge is 2.25. The second kappa shape index (κ2) is 14.0. The van der Waals surface area contributed by atoms with Crippen LogP contribution in [0.3, 0.4) is 0 Å². The third kappa shape index (κ3) is 8.84. The number of anilines is 1. The van der Waals surface area contributed by atoms with Crippen molar-refractivity contribution in [3.05, 3.63) is 65.5 Å². The number of halogens is 3. The van der Waals surface area contributed by atoms with Crippen molar-refractivity contribution in [2.75, 3.05) is 36.4 Å². The lowest BCUT2D eigenvalue weighted by Crippen LogP contribution is -2.50. The monoisotopic (exact) mass is 497 g/mol. The van der Waals surface area contributed by atoms with Crippen LogP contribution in [0.25, 0.3) is 0 Å². The number of alkyl halides is 2. The van der Waals surface area contributed by atoms with Gasteiger partial charge in [-0.05, 0) is 48.7 Å². The van der Waals surface area contributed by atoms with Crippen molar-refractivity contribution in [1.82, 2.24) is 5.32 Å². The van der Waals surface area contributed by atoms with Gasteiger partial charge in [0.2, 0.25) is 5.91 Å². The normalized spacial score (nSPS) is 12.6. The van der Waals surface area contributed by atoms with Crippen LogP contribution in [0.5, 0.6) is 0 Å². The Kier molecular flexibility index (Phi) is 11.4. The predicted octanol–water partition coefficient (Wildman–Crippen LogP) is 3.27. The molecule has 0 aliphatic heterocycles. The minimum absolute atomic E-state index is 0.170. The first-order valence-corrected chi connectivity index (χ1v) is 11.9. The quantitative estimate of drug-likeness (QED) is 0.327. The van der Waals surface area contributed by atoms with Gasteiger partial charge in [0, 0.05) is 37.0 Å². The fourth-order valence-electron chi connectivity index (χ4n) is 3.33. The van der Waals surface area contributed by atoms with Crippen LogP contribution in [0.2, 0.25) is 0 Å². The van der Waals surface area contributed by atoms with Crippen molar-refractivity contribution in [2.24, 2.45) is 5.73 Å². The fraction of sp³-hybridized carbons (Fsp3) is 0.417. The zero-order chi connectivity index (χ0) is 24.2. The molecule has 2 unspecified atom stereocenters. The number of ether oxygens (including phenoxy) is 1. The Morgan fingerprint density at radius 2 is 1.55 bits per heavy atom. The molecule has 0 aliphatic rings. The minimum atomic E-state index is -0.920. The number of hydrogen-bond acceptors (Lipinski definition) is 5. The first-order valence-electron chi connectivity index (χ1n) is 10.8. The molecule has 0 radical (unpaired) electrons. The van der Waals surface area contributed by atoms with Crippen molar-refractivity contribution < 1.29 is 18.7 Å². The number of nitrogens with two attached hydrogens (primary N) is 1. The van der Waals surface area contributed by atoms with Gasteiger partial charge in [0.1, 0.15) is 11.9 Å². The summed E-state index contributed by atoms with van der Waals surface area (Å²) < 4.78 is 18.3. The number of carbonyl (C=O) groups excluding carboxylic acids is 2. The molecule has 3 N–H and O–H groups in total. The molecular weight excluding hydrogens is 468 g/mol. The van der Waals surface area contributed by atoms with Crippen LogP contribution in [0.15, 0.2) is 48.5 Å². The molecule has 6 nitrogen and oxygen atoms in total. The van der Waals surface area contributed by atoms with Crippen LogP contribution < -0.4 is 16.0 Å². The standard InChI is InChI=1S/C24H30Cl2FN3O3/c1-2-33-24(32)22(16-18-3-7-19(27)8-4-18)29-23(31)21(28)15-17-5-9-20(10-6-17)30(13-11-25)14-12-26/h3-10,21-22H,2,11-16,28H2,1H3,(H,29,31). The molecule has 2 atom stereocenters. The molecule has 2 aromatic rings. The van der Waals surface area contributed by atoms with E-state index in [1.807, 2.05) is 24.3 Å². The average Bonchev–Trinajstić information content (AvgIpc) is 2.80. The van der Waals surface area contributed by atoms with Gasteiger partial charge in [-0.25, -0.2) is 9.18 Å². The zero-order valence-corrected chi connectivity index (χ0v) is 20.1. The summed E-state index contributed by atoms with van der Waals surface area (Å²) in [6.07, 6.45) is 0.465. The Morgan fingerprint density at radius 1 is 1.00 bits per heavy atom. The van der Waals surface area contributed by atoms with E-state index in [4.69, 9.17) is 33.7 Å². The maximum Gasteiger partial charge on any atom is 0.328 e. The van der Waals surface area contributed by atoms with Crippen LogP contribution in [-0.4, -0.2) is 55.4 Å². The van der Waals surface area contributed by atoms with Crippen LogP contribution in [-0.2, 0) is 27.2 Å². The molecule has 2 aromatic carbocycles. The molecule has 0 heterocycles. The number of carbonyl (C=O) groups is 2. The van der Waals surface area contributed by atoms with E-state index in [1.165, 1.54) is 12.1 Å². The molecule has 1 amide bonds. The van der Waals surface area contributed by atoms with Gasteiger partial charge in [-0.3, -0.25) is 4.79 Å². The van der Waals surface area contributed by atoms with Gasteiger partial charge in [0.15, 0.2) is 0 Å². The summed E-state index contributed by atoms with van der Waals surface area (Å²) in [6.45, 7) is 3.22.